The molecule has 2 saturated carbocycles. The van der Waals surface area contributed by atoms with E-state index in [4.69, 9.17) is 12.2 Å². The number of aromatic nitrogens is 2. The molecule has 0 spiro atoms. The molecule has 2 fully saturated rings. The molecule has 2 N–H and O–H groups in total. The van der Waals surface area contributed by atoms with E-state index in [-0.39, 0.29) is 23.6 Å². The van der Waals surface area contributed by atoms with Gasteiger partial charge in [-0.3, -0.25) is 14.2 Å². The number of aromatic amines is 1. The Morgan fingerprint density at radius 3 is 2.62 bits per heavy atom. The van der Waals surface area contributed by atoms with Crippen LogP contribution in [0.25, 0.3) is 10.9 Å². The summed E-state index contributed by atoms with van der Waals surface area (Å²) in [5.41, 5.74) is 1.17. The maximum Gasteiger partial charge on any atom is 0.262 e. The van der Waals surface area contributed by atoms with E-state index in [0.29, 0.717) is 33.1 Å². The lowest BCUT2D eigenvalue weighted by molar-refractivity contribution is 0.0891. The van der Waals surface area contributed by atoms with Gasteiger partial charge in [0.15, 0.2) is 4.77 Å². The van der Waals surface area contributed by atoms with Gasteiger partial charge in [0.2, 0.25) is 0 Å². The number of rotatable bonds is 3. The van der Waals surface area contributed by atoms with Gasteiger partial charge in [0.25, 0.3) is 11.5 Å². The van der Waals surface area contributed by atoms with Crippen LogP contribution in [-0.4, -0.2) is 21.5 Å². The van der Waals surface area contributed by atoms with Crippen LogP contribution in [0.2, 0.25) is 0 Å². The van der Waals surface area contributed by atoms with E-state index >= 15 is 0 Å². The molecule has 0 bridgehead atoms. The summed E-state index contributed by atoms with van der Waals surface area (Å²) < 4.78 is 2.21. The quantitative estimate of drug-likeness (QED) is 0.687. The van der Waals surface area contributed by atoms with Crippen LogP contribution in [-0.2, 0) is 0 Å². The summed E-state index contributed by atoms with van der Waals surface area (Å²) in [6.07, 6.45) is 8.92. The number of nitrogens with one attached hydrogen (secondary N) is 2. The Bertz CT molecular complexity index is 1020. The first-order valence-electron chi connectivity index (χ1n) is 11.0. The number of amides is 1. The van der Waals surface area contributed by atoms with Crippen LogP contribution in [0.3, 0.4) is 0 Å². The monoisotopic (exact) mass is 413 g/mol. The zero-order valence-electron chi connectivity index (χ0n) is 17.4. The molecule has 29 heavy (non-hydrogen) atoms. The van der Waals surface area contributed by atoms with Gasteiger partial charge < -0.3 is 10.3 Å². The molecule has 5 nitrogen and oxygen atoms in total. The van der Waals surface area contributed by atoms with Gasteiger partial charge in [-0.15, -0.1) is 0 Å². The lowest BCUT2D eigenvalue weighted by Crippen LogP contribution is -2.43. The molecule has 4 rings (SSSR count). The van der Waals surface area contributed by atoms with Crippen LogP contribution in [0.1, 0.15) is 81.6 Å². The van der Waals surface area contributed by atoms with Gasteiger partial charge in [0.05, 0.1) is 10.9 Å². The van der Waals surface area contributed by atoms with Crippen molar-refractivity contribution in [1.29, 1.82) is 0 Å². The highest BCUT2D eigenvalue weighted by molar-refractivity contribution is 7.71. The lowest BCUT2D eigenvalue weighted by atomic mass is 9.78. The molecule has 2 aliphatic rings. The molecule has 0 radical (unpaired) electrons. The number of hydrogen-bond acceptors (Lipinski definition) is 3. The smallest absolute Gasteiger partial charge is 0.262 e. The van der Waals surface area contributed by atoms with Crippen LogP contribution in [0, 0.1) is 16.6 Å². The first kappa shape index (κ1) is 20.3. The highest BCUT2D eigenvalue weighted by atomic mass is 32.1. The van der Waals surface area contributed by atoms with Gasteiger partial charge in [-0.05, 0) is 61.5 Å². The fourth-order valence-corrected chi connectivity index (χ4v) is 5.42. The largest absolute Gasteiger partial charge is 0.349 e. The molecule has 0 unspecified atom stereocenters. The number of H-pyrrole nitrogens is 1. The van der Waals surface area contributed by atoms with Crippen LogP contribution in [0.15, 0.2) is 23.0 Å². The Hall–Kier alpha value is -1.95. The average molecular weight is 414 g/mol. The topological polar surface area (TPSA) is 66.9 Å². The molecule has 156 valence electrons. The zero-order chi connectivity index (χ0) is 20.5. The molecule has 1 aromatic heterocycles. The molecule has 0 saturated heterocycles. The highest BCUT2D eigenvalue weighted by Crippen LogP contribution is 2.30. The fraction of sp³-hybridized carbons (Fsp3) is 0.609. The minimum atomic E-state index is -0.0753. The molecular formula is C23H31N3O2S. The Balaban J connectivity index is 1.62. The van der Waals surface area contributed by atoms with Crippen molar-refractivity contribution in [2.45, 2.75) is 77.3 Å². The van der Waals surface area contributed by atoms with Gasteiger partial charge in [-0.25, -0.2) is 0 Å². The molecule has 2 aromatic rings. The number of benzene rings is 1. The van der Waals surface area contributed by atoms with Gasteiger partial charge in [0, 0.05) is 17.6 Å². The number of fused-ring (bicyclic) bond motifs is 1. The van der Waals surface area contributed by atoms with E-state index in [9.17, 15) is 9.59 Å². The summed E-state index contributed by atoms with van der Waals surface area (Å²) in [6, 6.07) is 5.69. The summed E-state index contributed by atoms with van der Waals surface area (Å²) in [7, 11) is 0. The first-order valence-corrected chi connectivity index (χ1v) is 11.5. The van der Waals surface area contributed by atoms with E-state index in [1.54, 1.807) is 22.8 Å². The summed E-state index contributed by atoms with van der Waals surface area (Å²) in [4.78, 5) is 29.2. The van der Waals surface area contributed by atoms with Crippen LogP contribution < -0.4 is 10.9 Å². The average Bonchev–Trinajstić information content (AvgIpc) is 2.72. The zero-order valence-corrected chi connectivity index (χ0v) is 18.2. The van der Waals surface area contributed by atoms with Crippen molar-refractivity contribution in [1.82, 2.24) is 14.9 Å². The van der Waals surface area contributed by atoms with Gasteiger partial charge in [-0.2, -0.15) is 0 Å². The maximum absolute atomic E-state index is 13.1. The van der Waals surface area contributed by atoms with Crippen LogP contribution in [0.4, 0.5) is 0 Å². The van der Waals surface area contributed by atoms with Gasteiger partial charge >= 0.3 is 0 Å². The standard InChI is InChI=1S/C23H31N3O2S/c1-14-7-6-10-19(15(14)2)24-21(27)16-11-12-18-20(13-16)25-23(29)26(22(18)28)17-8-4-3-5-9-17/h11-15,17,19H,3-10H2,1-2H3,(H,24,27)(H,25,29)/t14-,15-,19-/m1/s1. The predicted octanol–water partition coefficient (Wildman–Crippen LogP) is 5.12. The van der Waals surface area contributed by atoms with Crippen molar-refractivity contribution >= 4 is 29.0 Å². The summed E-state index contributed by atoms with van der Waals surface area (Å²) in [5, 5.41) is 3.81. The van der Waals surface area contributed by atoms with Crippen molar-refractivity contribution < 1.29 is 4.79 Å². The summed E-state index contributed by atoms with van der Waals surface area (Å²) in [5.74, 6) is 1.02. The molecule has 1 aromatic carbocycles. The molecule has 6 heteroatoms. The normalized spacial score (nSPS) is 25.8. The molecular weight excluding hydrogens is 382 g/mol. The van der Waals surface area contributed by atoms with Crippen molar-refractivity contribution in [2.75, 3.05) is 0 Å². The van der Waals surface area contributed by atoms with Crippen molar-refractivity contribution in [3.05, 3.63) is 38.9 Å². The molecule has 1 heterocycles. The van der Waals surface area contributed by atoms with Crippen molar-refractivity contribution in [3.63, 3.8) is 0 Å². The number of hydrogen-bond donors (Lipinski definition) is 2. The van der Waals surface area contributed by atoms with Gasteiger partial charge in [0.1, 0.15) is 0 Å². The van der Waals surface area contributed by atoms with Crippen molar-refractivity contribution in [3.8, 4) is 0 Å². The van der Waals surface area contributed by atoms with Crippen molar-refractivity contribution in [2.24, 2.45) is 11.8 Å². The molecule has 0 aliphatic heterocycles. The Labute approximate surface area is 176 Å². The molecule has 3 atom stereocenters. The minimum absolute atomic E-state index is 0.0441. The number of carbonyl (C=O) groups excluding carboxylic acids is 1. The van der Waals surface area contributed by atoms with E-state index < -0.39 is 0 Å². The lowest BCUT2D eigenvalue weighted by Gasteiger charge is -2.34. The summed E-state index contributed by atoms with van der Waals surface area (Å²) >= 11 is 5.52. The second kappa shape index (κ2) is 8.42. The van der Waals surface area contributed by atoms with E-state index in [1.807, 2.05) is 0 Å². The molecule has 2 aliphatic carbocycles. The first-order chi connectivity index (χ1) is 14.0. The van der Waals surface area contributed by atoms with E-state index in [1.165, 1.54) is 12.8 Å². The number of carbonyl (C=O) groups is 1. The minimum Gasteiger partial charge on any atom is -0.349 e. The van der Waals surface area contributed by atoms with E-state index in [0.717, 1.165) is 38.5 Å². The van der Waals surface area contributed by atoms with E-state index in [2.05, 4.69) is 24.1 Å². The Morgan fingerprint density at radius 1 is 1.10 bits per heavy atom. The predicted molar refractivity (Wildman–Crippen MR) is 119 cm³/mol. The summed E-state index contributed by atoms with van der Waals surface area (Å²) in [6.45, 7) is 4.48. The van der Waals surface area contributed by atoms with Gasteiger partial charge in [-0.1, -0.05) is 46.0 Å². The second-order valence-electron chi connectivity index (χ2n) is 9.00. The molecule has 1 amide bonds. The maximum atomic E-state index is 13.1. The Morgan fingerprint density at radius 2 is 1.86 bits per heavy atom. The third kappa shape index (κ3) is 4.04. The fourth-order valence-electron chi connectivity index (χ4n) is 5.08. The third-order valence-electron chi connectivity index (χ3n) is 7.15. The number of nitrogens with zero attached hydrogens (tertiary/aromatic N) is 1. The SMILES string of the molecule is C[C@@H]1[C@H](C)CCC[C@H]1NC(=O)c1ccc2c(=O)n(C3CCCCC3)c(=S)[nH]c2c1. The van der Waals surface area contributed by atoms with Crippen LogP contribution >= 0.6 is 12.2 Å². The highest BCUT2D eigenvalue weighted by Gasteiger charge is 2.28. The third-order valence-corrected chi connectivity index (χ3v) is 7.45. The Kier molecular flexibility index (Phi) is 5.91. The second-order valence-corrected chi connectivity index (χ2v) is 9.39. The van der Waals surface area contributed by atoms with Crippen LogP contribution in [0.5, 0.6) is 0 Å².